The van der Waals surface area contributed by atoms with Crippen molar-refractivity contribution in [3.05, 3.63) is 0 Å². The molecule has 1 fully saturated rings. The Morgan fingerprint density at radius 2 is 1.80 bits per heavy atom. The number of nitrogens with zero attached hydrogens (tertiary/aromatic N) is 2. The fourth-order valence-electron chi connectivity index (χ4n) is 3.65. The van der Waals surface area contributed by atoms with E-state index in [-0.39, 0.29) is 6.10 Å². The Bertz CT molecular complexity index is 268. The lowest BCUT2D eigenvalue weighted by Gasteiger charge is -2.40. The molecule has 0 aromatic heterocycles. The van der Waals surface area contributed by atoms with E-state index in [1.165, 1.54) is 12.8 Å². The number of hydrogen-bond donors (Lipinski definition) is 1. The van der Waals surface area contributed by atoms with Gasteiger partial charge in [0.1, 0.15) is 0 Å². The van der Waals surface area contributed by atoms with Crippen LogP contribution in [0.25, 0.3) is 0 Å². The van der Waals surface area contributed by atoms with E-state index in [1.807, 2.05) is 0 Å². The first kappa shape index (κ1) is 17.9. The Balaban J connectivity index is 2.57. The topological polar surface area (TPSA) is 26.7 Å². The minimum Gasteiger partial charge on any atom is -0.393 e. The molecule has 3 heteroatoms. The van der Waals surface area contributed by atoms with Crippen molar-refractivity contribution in [2.24, 2.45) is 17.8 Å². The van der Waals surface area contributed by atoms with Gasteiger partial charge in [-0.1, -0.05) is 20.8 Å². The largest absolute Gasteiger partial charge is 0.393 e. The predicted octanol–water partition coefficient (Wildman–Crippen LogP) is 2.69. The third-order valence-electron chi connectivity index (χ3n) is 5.05. The smallest absolute Gasteiger partial charge is 0.0580 e. The van der Waals surface area contributed by atoms with Gasteiger partial charge in [0.15, 0.2) is 0 Å². The molecule has 0 aliphatic heterocycles. The minimum atomic E-state index is -0.0920. The van der Waals surface area contributed by atoms with Crippen molar-refractivity contribution in [3.63, 3.8) is 0 Å². The average molecular weight is 284 g/mol. The highest BCUT2D eigenvalue weighted by atomic mass is 16.3. The number of hydrogen-bond acceptors (Lipinski definition) is 3. The Kier molecular flexibility index (Phi) is 7.49. The fraction of sp³-hybridized carbons (Fsp3) is 1.00. The molecule has 0 aromatic carbocycles. The quantitative estimate of drug-likeness (QED) is 0.778. The van der Waals surface area contributed by atoms with E-state index >= 15 is 0 Å². The van der Waals surface area contributed by atoms with E-state index < -0.39 is 0 Å². The first-order chi connectivity index (χ1) is 9.35. The molecule has 0 aromatic rings. The van der Waals surface area contributed by atoms with Crippen LogP contribution in [0.5, 0.6) is 0 Å². The van der Waals surface area contributed by atoms with Gasteiger partial charge in [-0.05, 0) is 64.6 Å². The van der Waals surface area contributed by atoms with Crippen molar-refractivity contribution in [1.82, 2.24) is 9.80 Å². The van der Waals surface area contributed by atoms with Crippen molar-refractivity contribution < 1.29 is 5.11 Å². The third kappa shape index (κ3) is 5.34. The standard InChI is InChI=1S/C17H36N2O/c1-7-19(14(4)11-18(5)6)12-16-10-15(13(2)3)8-9-17(16)20/h13-17,20H,7-12H2,1-6H3. The molecule has 20 heavy (non-hydrogen) atoms. The zero-order valence-corrected chi connectivity index (χ0v) is 14.5. The number of aliphatic hydroxyl groups excluding tert-OH is 1. The van der Waals surface area contributed by atoms with E-state index in [0.717, 1.165) is 37.9 Å². The summed E-state index contributed by atoms with van der Waals surface area (Å²) in [6.07, 6.45) is 3.30. The van der Waals surface area contributed by atoms with Crippen LogP contribution in [0.3, 0.4) is 0 Å². The van der Waals surface area contributed by atoms with Crippen molar-refractivity contribution in [2.45, 2.75) is 59.1 Å². The maximum absolute atomic E-state index is 10.3. The Morgan fingerprint density at radius 1 is 1.15 bits per heavy atom. The molecule has 1 saturated carbocycles. The lowest BCUT2D eigenvalue weighted by atomic mass is 9.74. The Hall–Kier alpha value is -0.120. The van der Waals surface area contributed by atoms with Gasteiger partial charge in [-0.25, -0.2) is 0 Å². The summed E-state index contributed by atoms with van der Waals surface area (Å²) in [6.45, 7) is 12.4. The zero-order valence-electron chi connectivity index (χ0n) is 14.5. The third-order valence-corrected chi connectivity index (χ3v) is 5.05. The molecule has 0 heterocycles. The lowest BCUT2D eigenvalue weighted by molar-refractivity contribution is 0.0112. The lowest BCUT2D eigenvalue weighted by Crippen LogP contribution is -2.46. The van der Waals surface area contributed by atoms with Gasteiger partial charge in [0, 0.05) is 19.1 Å². The molecule has 0 saturated heterocycles. The van der Waals surface area contributed by atoms with Gasteiger partial charge in [0.2, 0.25) is 0 Å². The van der Waals surface area contributed by atoms with Crippen LogP contribution >= 0.6 is 0 Å². The van der Waals surface area contributed by atoms with Crippen molar-refractivity contribution >= 4 is 0 Å². The summed E-state index contributed by atoms with van der Waals surface area (Å²) in [5.41, 5.74) is 0. The number of rotatable bonds is 7. The molecule has 0 radical (unpaired) electrons. The van der Waals surface area contributed by atoms with E-state index in [4.69, 9.17) is 0 Å². The van der Waals surface area contributed by atoms with Crippen LogP contribution in [0.4, 0.5) is 0 Å². The molecule has 0 bridgehead atoms. The maximum atomic E-state index is 10.3. The van der Waals surface area contributed by atoms with Gasteiger partial charge in [-0.3, -0.25) is 4.90 Å². The second kappa shape index (κ2) is 8.35. The summed E-state index contributed by atoms with van der Waals surface area (Å²) in [6, 6.07) is 0.557. The highest BCUT2D eigenvalue weighted by Crippen LogP contribution is 2.34. The maximum Gasteiger partial charge on any atom is 0.0580 e. The second-order valence-electron chi connectivity index (χ2n) is 7.34. The molecular formula is C17H36N2O. The van der Waals surface area contributed by atoms with Gasteiger partial charge in [0.25, 0.3) is 0 Å². The van der Waals surface area contributed by atoms with Gasteiger partial charge in [-0.15, -0.1) is 0 Å². The monoisotopic (exact) mass is 284 g/mol. The number of aliphatic hydroxyl groups is 1. The van der Waals surface area contributed by atoms with Gasteiger partial charge < -0.3 is 10.0 Å². The van der Waals surface area contributed by atoms with E-state index in [0.29, 0.717) is 12.0 Å². The van der Waals surface area contributed by atoms with Gasteiger partial charge in [0.05, 0.1) is 6.10 Å². The summed E-state index contributed by atoms with van der Waals surface area (Å²) in [5.74, 6) is 2.01. The highest BCUT2D eigenvalue weighted by molar-refractivity contribution is 4.84. The summed E-state index contributed by atoms with van der Waals surface area (Å²) in [7, 11) is 4.27. The second-order valence-corrected chi connectivity index (χ2v) is 7.34. The first-order valence-electron chi connectivity index (χ1n) is 8.41. The van der Waals surface area contributed by atoms with Crippen LogP contribution in [-0.4, -0.2) is 60.8 Å². The molecule has 1 aliphatic rings. The predicted molar refractivity (Wildman–Crippen MR) is 86.9 cm³/mol. The molecule has 1 N–H and O–H groups in total. The first-order valence-corrected chi connectivity index (χ1v) is 8.41. The summed E-state index contributed by atoms with van der Waals surface area (Å²) in [4.78, 5) is 4.79. The van der Waals surface area contributed by atoms with Crippen LogP contribution in [0, 0.1) is 17.8 Å². The van der Waals surface area contributed by atoms with Crippen LogP contribution in [0.2, 0.25) is 0 Å². The van der Waals surface area contributed by atoms with E-state index in [9.17, 15) is 5.11 Å². The van der Waals surface area contributed by atoms with Crippen LogP contribution in [0.1, 0.15) is 47.0 Å². The fourth-order valence-corrected chi connectivity index (χ4v) is 3.65. The highest BCUT2D eigenvalue weighted by Gasteiger charge is 2.32. The molecule has 4 unspecified atom stereocenters. The Labute approximate surface area is 126 Å². The van der Waals surface area contributed by atoms with Crippen molar-refractivity contribution in [1.29, 1.82) is 0 Å². The summed E-state index contributed by atoms with van der Waals surface area (Å²) in [5, 5.41) is 10.3. The molecule has 3 nitrogen and oxygen atoms in total. The molecule has 0 spiro atoms. The number of likely N-dealkylation sites (N-methyl/N-ethyl adjacent to an activating group) is 2. The molecule has 1 rings (SSSR count). The van der Waals surface area contributed by atoms with Crippen LogP contribution in [0.15, 0.2) is 0 Å². The van der Waals surface area contributed by atoms with Crippen molar-refractivity contribution in [2.75, 3.05) is 33.7 Å². The van der Waals surface area contributed by atoms with Crippen molar-refractivity contribution in [3.8, 4) is 0 Å². The van der Waals surface area contributed by atoms with E-state index in [2.05, 4.69) is 51.6 Å². The normalized spacial score (nSPS) is 29.4. The molecular weight excluding hydrogens is 248 g/mol. The Morgan fingerprint density at radius 3 is 2.30 bits per heavy atom. The average Bonchev–Trinajstić information content (AvgIpc) is 2.36. The summed E-state index contributed by atoms with van der Waals surface area (Å²) >= 11 is 0. The molecule has 0 amide bonds. The minimum absolute atomic E-state index is 0.0920. The van der Waals surface area contributed by atoms with Crippen LogP contribution in [-0.2, 0) is 0 Å². The van der Waals surface area contributed by atoms with Gasteiger partial charge >= 0.3 is 0 Å². The summed E-state index contributed by atoms with van der Waals surface area (Å²) < 4.78 is 0. The molecule has 4 atom stereocenters. The van der Waals surface area contributed by atoms with E-state index in [1.54, 1.807) is 0 Å². The van der Waals surface area contributed by atoms with Crippen LogP contribution < -0.4 is 0 Å². The molecule has 1 aliphatic carbocycles. The SMILES string of the molecule is CCN(CC1CC(C(C)C)CCC1O)C(C)CN(C)C. The van der Waals surface area contributed by atoms with Gasteiger partial charge in [-0.2, -0.15) is 0 Å². The molecule has 120 valence electrons. The zero-order chi connectivity index (χ0) is 15.3.